The molecule has 0 fully saturated rings. The maximum Gasteiger partial charge on any atom is 0.191 e. The summed E-state index contributed by atoms with van der Waals surface area (Å²) in [4.78, 5) is 20.6. The van der Waals surface area contributed by atoms with Crippen LogP contribution in [0.4, 0.5) is 0 Å². The molecule has 3 aromatic rings. The van der Waals surface area contributed by atoms with Crippen molar-refractivity contribution in [3.63, 3.8) is 0 Å². The Kier molecular flexibility index (Phi) is 2.84. The molecule has 0 saturated carbocycles. The second-order valence-corrected chi connectivity index (χ2v) is 6.80. The molecule has 1 aromatic carbocycles. The number of Topliss-reactive ketones (excluding diaryl/α,β-unsaturated/α-hetero) is 1. The molecule has 0 spiro atoms. The van der Waals surface area contributed by atoms with Gasteiger partial charge in [0.2, 0.25) is 0 Å². The van der Waals surface area contributed by atoms with Gasteiger partial charge in [-0.05, 0) is 44.2 Å². The Morgan fingerprint density at radius 1 is 1.25 bits per heavy atom. The van der Waals surface area contributed by atoms with E-state index in [0.717, 1.165) is 60.1 Å². The van der Waals surface area contributed by atoms with Gasteiger partial charge in [-0.3, -0.25) is 4.79 Å². The summed E-state index contributed by atoms with van der Waals surface area (Å²) >= 11 is 0. The number of carbonyl (C=O) groups is 1. The normalized spacial score (nSPS) is 18.4. The molecule has 2 aliphatic rings. The van der Waals surface area contributed by atoms with E-state index in [2.05, 4.69) is 32.7 Å². The highest BCUT2D eigenvalue weighted by atomic mass is 16.1. The van der Waals surface area contributed by atoms with Gasteiger partial charge in [-0.2, -0.15) is 0 Å². The van der Waals surface area contributed by atoms with Gasteiger partial charge in [0.1, 0.15) is 0 Å². The average Bonchev–Trinajstić information content (AvgIpc) is 3.15. The van der Waals surface area contributed by atoms with Crippen molar-refractivity contribution in [1.29, 1.82) is 0 Å². The lowest BCUT2D eigenvalue weighted by molar-refractivity contribution is 0.102. The van der Waals surface area contributed by atoms with Crippen molar-refractivity contribution >= 4 is 22.8 Å². The maximum atomic E-state index is 13.2. The molecule has 2 aromatic heterocycles. The van der Waals surface area contributed by atoms with Crippen LogP contribution in [0.15, 0.2) is 30.1 Å². The molecule has 1 aliphatic carbocycles. The number of para-hydroxylation sites is 1. The van der Waals surface area contributed by atoms with E-state index in [-0.39, 0.29) is 5.78 Å². The van der Waals surface area contributed by atoms with Crippen LogP contribution in [0, 0.1) is 6.92 Å². The zero-order valence-corrected chi connectivity index (χ0v) is 13.7. The van der Waals surface area contributed by atoms with Crippen LogP contribution in [0.2, 0.25) is 0 Å². The van der Waals surface area contributed by atoms with Crippen LogP contribution in [-0.4, -0.2) is 20.3 Å². The van der Waals surface area contributed by atoms with E-state index in [1.165, 1.54) is 16.8 Å². The number of aromatic nitrogens is 3. The minimum atomic E-state index is 0.182. The van der Waals surface area contributed by atoms with Gasteiger partial charge in [-0.1, -0.05) is 18.2 Å². The summed E-state index contributed by atoms with van der Waals surface area (Å²) in [5.41, 5.74) is 7.59. The lowest BCUT2D eigenvalue weighted by Crippen LogP contribution is -2.17. The van der Waals surface area contributed by atoms with Crippen molar-refractivity contribution < 1.29 is 4.79 Å². The van der Waals surface area contributed by atoms with Gasteiger partial charge in [-0.15, -0.1) is 0 Å². The maximum absolute atomic E-state index is 13.2. The van der Waals surface area contributed by atoms with Crippen LogP contribution in [0.1, 0.15) is 45.8 Å². The number of benzene rings is 1. The van der Waals surface area contributed by atoms with E-state index >= 15 is 0 Å². The number of imidazole rings is 1. The number of hydrogen-bond donors (Lipinski definition) is 1. The van der Waals surface area contributed by atoms with Crippen LogP contribution in [0.5, 0.6) is 0 Å². The minimum absolute atomic E-state index is 0.182. The van der Waals surface area contributed by atoms with E-state index in [1.54, 1.807) is 6.33 Å². The van der Waals surface area contributed by atoms with Gasteiger partial charge in [0.05, 0.1) is 23.1 Å². The van der Waals surface area contributed by atoms with Crippen LogP contribution in [0.25, 0.3) is 17.0 Å². The molecule has 0 unspecified atom stereocenters. The Balaban J connectivity index is 1.71. The highest BCUT2D eigenvalue weighted by molar-refractivity contribution is 6.20. The molecular weight excluding hydrogens is 298 g/mol. The Hall–Kier alpha value is -2.62. The quantitative estimate of drug-likeness (QED) is 0.693. The zero-order chi connectivity index (χ0) is 16.3. The fourth-order valence-corrected chi connectivity index (χ4v) is 4.27. The zero-order valence-electron chi connectivity index (χ0n) is 13.7. The van der Waals surface area contributed by atoms with E-state index in [0.29, 0.717) is 0 Å². The Morgan fingerprint density at radius 2 is 2.17 bits per heavy atom. The first-order valence-corrected chi connectivity index (χ1v) is 8.62. The first kappa shape index (κ1) is 13.8. The fourth-order valence-electron chi connectivity index (χ4n) is 4.27. The van der Waals surface area contributed by atoms with Gasteiger partial charge in [0.25, 0.3) is 0 Å². The standard InChI is InChI=1S/C20H19N3O/c1-12-16(22-11-21-12)10-14-7-8-17-18(20(14)24)15-6-2-4-13-5-3-9-23(17)19(13)15/h2,4,6,10-11H,3,5,7-9H2,1H3,(H,21,22). The lowest BCUT2D eigenvalue weighted by atomic mass is 9.89. The Bertz CT molecular complexity index is 1020. The van der Waals surface area contributed by atoms with Crippen molar-refractivity contribution in [1.82, 2.24) is 14.5 Å². The molecule has 3 heterocycles. The molecule has 5 rings (SSSR count). The predicted octanol–water partition coefficient (Wildman–Crippen LogP) is 3.83. The van der Waals surface area contributed by atoms with Gasteiger partial charge in [-0.25, -0.2) is 4.98 Å². The Morgan fingerprint density at radius 3 is 3.00 bits per heavy atom. The van der Waals surface area contributed by atoms with Crippen molar-refractivity contribution in [3.05, 3.63) is 58.3 Å². The number of carbonyl (C=O) groups excluding carboxylic acids is 1. The molecule has 24 heavy (non-hydrogen) atoms. The summed E-state index contributed by atoms with van der Waals surface area (Å²) in [5, 5.41) is 1.14. The van der Waals surface area contributed by atoms with E-state index in [1.807, 2.05) is 13.0 Å². The van der Waals surface area contributed by atoms with Gasteiger partial charge in [0, 0.05) is 28.9 Å². The smallest absolute Gasteiger partial charge is 0.191 e. The Labute approximate surface area is 140 Å². The number of aromatic amines is 1. The van der Waals surface area contributed by atoms with Gasteiger partial charge < -0.3 is 9.55 Å². The highest BCUT2D eigenvalue weighted by Crippen LogP contribution is 2.38. The van der Waals surface area contributed by atoms with Gasteiger partial charge >= 0.3 is 0 Å². The van der Waals surface area contributed by atoms with Crippen molar-refractivity contribution in [2.24, 2.45) is 0 Å². The summed E-state index contributed by atoms with van der Waals surface area (Å²) in [5.74, 6) is 0.182. The number of hydrogen-bond acceptors (Lipinski definition) is 2. The van der Waals surface area contributed by atoms with Crippen LogP contribution in [-0.2, 0) is 19.4 Å². The molecule has 120 valence electrons. The number of ketones is 1. The summed E-state index contributed by atoms with van der Waals surface area (Å²) < 4.78 is 2.40. The lowest BCUT2D eigenvalue weighted by Gasteiger charge is -2.20. The number of H-pyrrole nitrogens is 1. The molecule has 4 heteroatoms. The van der Waals surface area contributed by atoms with Gasteiger partial charge in [0.15, 0.2) is 5.78 Å². The first-order chi connectivity index (χ1) is 11.7. The predicted molar refractivity (Wildman–Crippen MR) is 94.2 cm³/mol. The number of nitrogens with zero attached hydrogens (tertiary/aromatic N) is 2. The topological polar surface area (TPSA) is 50.7 Å². The second kappa shape index (κ2) is 4.94. The fraction of sp³-hybridized carbons (Fsp3) is 0.300. The third kappa shape index (κ3) is 1.80. The highest BCUT2D eigenvalue weighted by Gasteiger charge is 2.30. The number of rotatable bonds is 1. The third-order valence-electron chi connectivity index (χ3n) is 5.43. The molecule has 0 amide bonds. The number of allylic oxidation sites excluding steroid dienone is 1. The van der Waals surface area contributed by atoms with Crippen molar-refractivity contribution in [2.45, 2.75) is 39.2 Å². The second-order valence-electron chi connectivity index (χ2n) is 6.80. The molecular formula is C20H19N3O. The minimum Gasteiger partial charge on any atom is -0.348 e. The van der Waals surface area contributed by atoms with Crippen molar-refractivity contribution in [2.75, 3.05) is 0 Å². The molecule has 0 atom stereocenters. The van der Waals surface area contributed by atoms with E-state index in [4.69, 9.17) is 0 Å². The molecule has 0 radical (unpaired) electrons. The molecule has 1 N–H and O–H groups in total. The average molecular weight is 317 g/mol. The third-order valence-corrected chi connectivity index (χ3v) is 5.43. The molecule has 4 nitrogen and oxygen atoms in total. The van der Waals surface area contributed by atoms with Crippen molar-refractivity contribution in [3.8, 4) is 0 Å². The van der Waals surface area contributed by atoms with E-state index < -0.39 is 0 Å². The van der Waals surface area contributed by atoms with E-state index in [9.17, 15) is 4.79 Å². The largest absolute Gasteiger partial charge is 0.348 e. The molecule has 0 bridgehead atoms. The summed E-state index contributed by atoms with van der Waals surface area (Å²) in [6.45, 7) is 3.02. The summed E-state index contributed by atoms with van der Waals surface area (Å²) in [6, 6.07) is 6.41. The summed E-state index contributed by atoms with van der Waals surface area (Å²) in [6.07, 6.45) is 7.65. The monoisotopic (exact) mass is 317 g/mol. The number of nitrogens with one attached hydrogen (secondary N) is 1. The molecule has 0 saturated heterocycles. The SMILES string of the molecule is Cc1[nH]cnc1C=C1CCc2c(c3cccc4c3n2CCC4)C1=O. The number of fused-ring (bicyclic) bond motifs is 3. The van der Waals surface area contributed by atoms with Crippen LogP contribution in [0.3, 0.4) is 0 Å². The van der Waals surface area contributed by atoms with Crippen LogP contribution < -0.4 is 0 Å². The summed E-state index contributed by atoms with van der Waals surface area (Å²) in [7, 11) is 0. The number of aryl methyl sites for hydroxylation is 3. The molecule has 1 aliphatic heterocycles. The van der Waals surface area contributed by atoms with Crippen LogP contribution >= 0.6 is 0 Å². The first-order valence-electron chi connectivity index (χ1n) is 8.62.